The zero-order chi connectivity index (χ0) is 20.6. The van der Waals surface area contributed by atoms with Gasteiger partial charge in [-0.3, -0.25) is 14.8 Å². The Bertz CT molecular complexity index is 963. The summed E-state index contributed by atoms with van der Waals surface area (Å²) in [6.07, 6.45) is 7.50. The van der Waals surface area contributed by atoms with E-state index < -0.39 is 0 Å². The van der Waals surface area contributed by atoms with Crippen LogP contribution in [-0.4, -0.2) is 48.6 Å². The first kappa shape index (κ1) is 20.1. The lowest BCUT2D eigenvalue weighted by Crippen LogP contribution is -2.29. The Morgan fingerprint density at radius 1 is 1.03 bits per heavy atom. The van der Waals surface area contributed by atoms with Gasteiger partial charge < -0.3 is 19.7 Å². The van der Waals surface area contributed by atoms with E-state index in [4.69, 9.17) is 9.47 Å². The number of benzene rings is 1. The summed E-state index contributed by atoms with van der Waals surface area (Å²) in [5.41, 5.74) is 3.06. The lowest BCUT2D eigenvalue weighted by molar-refractivity contribution is 0.0796. The molecule has 1 aromatic carbocycles. The highest BCUT2D eigenvalue weighted by atomic mass is 16.5. The number of likely N-dealkylation sites (N-methyl/N-ethyl adjacent to an activating group) is 1. The molecule has 0 fully saturated rings. The molecule has 0 saturated carbocycles. The molecule has 0 unspecified atom stereocenters. The highest BCUT2D eigenvalue weighted by Crippen LogP contribution is 2.31. The number of rotatable bonds is 8. The Labute approximate surface area is 170 Å². The van der Waals surface area contributed by atoms with Crippen LogP contribution >= 0.6 is 0 Å². The van der Waals surface area contributed by atoms with Gasteiger partial charge in [-0.1, -0.05) is 0 Å². The van der Waals surface area contributed by atoms with Crippen LogP contribution in [0.5, 0.6) is 11.5 Å². The van der Waals surface area contributed by atoms with Crippen LogP contribution < -0.4 is 14.8 Å². The summed E-state index contributed by atoms with van der Waals surface area (Å²) in [5, 5.41) is 3.25. The van der Waals surface area contributed by atoms with Crippen LogP contribution in [0, 0.1) is 0 Å². The van der Waals surface area contributed by atoms with Crippen molar-refractivity contribution >= 4 is 17.3 Å². The van der Waals surface area contributed by atoms with E-state index in [1.54, 1.807) is 57.0 Å². The molecule has 0 saturated heterocycles. The predicted molar refractivity (Wildman–Crippen MR) is 112 cm³/mol. The van der Waals surface area contributed by atoms with Gasteiger partial charge in [-0.05, 0) is 42.3 Å². The second-order valence-electron chi connectivity index (χ2n) is 6.49. The van der Waals surface area contributed by atoms with Gasteiger partial charge in [-0.25, -0.2) is 0 Å². The Kier molecular flexibility index (Phi) is 6.63. The van der Waals surface area contributed by atoms with Crippen LogP contribution in [0.2, 0.25) is 0 Å². The topological polar surface area (TPSA) is 76.6 Å². The van der Waals surface area contributed by atoms with Gasteiger partial charge in [0.2, 0.25) is 0 Å². The van der Waals surface area contributed by atoms with Crippen molar-refractivity contribution in [1.82, 2.24) is 14.9 Å². The molecule has 2 heterocycles. The molecule has 0 atom stereocenters. The molecule has 1 N–H and O–H groups in total. The van der Waals surface area contributed by atoms with Crippen molar-refractivity contribution in [2.45, 2.75) is 6.42 Å². The van der Waals surface area contributed by atoms with Crippen LogP contribution in [-0.2, 0) is 6.42 Å². The molecule has 3 aromatic rings. The third-order valence-corrected chi connectivity index (χ3v) is 4.50. The standard InChI is InChI=1S/C22H24N4O3/c1-26(11-8-16-6-9-23-10-7-16)22(27)17-12-18(15-24-14-17)25-20-13-19(28-2)4-5-21(20)29-3/h4-7,9-10,12-15,25H,8,11H2,1-3H3. The Hall–Kier alpha value is -3.61. The summed E-state index contributed by atoms with van der Waals surface area (Å²) in [6, 6.07) is 11.1. The molecule has 2 aromatic heterocycles. The SMILES string of the molecule is COc1ccc(OC)c(Nc2cncc(C(=O)N(C)CCc3ccncc3)c2)c1. The minimum Gasteiger partial charge on any atom is -0.497 e. The summed E-state index contributed by atoms with van der Waals surface area (Å²) in [4.78, 5) is 22.7. The normalized spacial score (nSPS) is 10.3. The highest BCUT2D eigenvalue weighted by Gasteiger charge is 2.13. The third-order valence-electron chi connectivity index (χ3n) is 4.50. The van der Waals surface area contributed by atoms with Crippen LogP contribution in [0.25, 0.3) is 0 Å². The lowest BCUT2D eigenvalue weighted by Gasteiger charge is -2.18. The Balaban J connectivity index is 1.71. The molecule has 0 spiro atoms. The van der Waals surface area contributed by atoms with Gasteiger partial charge >= 0.3 is 0 Å². The number of nitrogens with one attached hydrogen (secondary N) is 1. The van der Waals surface area contributed by atoms with Crippen molar-refractivity contribution in [1.29, 1.82) is 0 Å². The van der Waals surface area contributed by atoms with E-state index in [9.17, 15) is 4.79 Å². The van der Waals surface area contributed by atoms with E-state index in [0.717, 1.165) is 17.7 Å². The zero-order valence-electron chi connectivity index (χ0n) is 16.8. The minimum atomic E-state index is -0.0900. The first-order valence-corrected chi connectivity index (χ1v) is 9.19. The smallest absolute Gasteiger partial charge is 0.255 e. The first-order chi connectivity index (χ1) is 14.1. The predicted octanol–water partition coefficient (Wildman–Crippen LogP) is 3.55. The van der Waals surface area contributed by atoms with Crippen molar-refractivity contribution in [3.8, 4) is 11.5 Å². The average molecular weight is 392 g/mol. The molecule has 0 bridgehead atoms. The summed E-state index contributed by atoms with van der Waals surface area (Å²) >= 11 is 0. The molecule has 150 valence electrons. The van der Waals surface area contributed by atoms with Gasteiger partial charge in [0.05, 0.1) is 37.4 Å². The number of aromatic nitrogens is 2. The van der Waals surface area contributed by atoms with Gasteiger partial charge in [-0.2, -0.15) is 0 Å². The second-order valence-corrected chi connectivity index (χ2v) is 6.49. The number of pyridine rings is 2. The maximum atomic E-state index is 12.8. The van der Waals surface area contributed by atoms with Crippen LogP contribution in [0.4, 0.5) is 11.4 Å². The van der Waals surface area contributed by atoms with E-state index in [-0.39, 0.29) is 5.91 Å². The number of amides is 1. The molecule has 0 aliphatic carbocycles. The summed E-state index contributed by atoms with van der Waals surface area (Å²) in [5.74, 6) is 1.27. The molecule has 0 radical (unpaired) electrons. The largest absolute Gasteiger partial charge is 0.497 e. The molecule has 3 rings (SSSR count). The monoisotopic (exact) mass is 392 g/mol. The molecule has 0 aliphatic heterocycles. The molecule has 29 heavy (non-hydrogen) atoms. The van der Waals surface area contributed by atoms with E-state index in [1.165, 1.54) is 0 Å². The van der Waals surface area contributed by atoms with E-state index in [2.05, 4.69) is 15.3 Å². The number of anilines is 2. The molecule has 7 nitrogen and oxygen atoms in total. The van der Waals surface area contributed by atoms with E-state index in [0.29, 0.717) is 29.3 Å². The van der Waals surface area contributed by atoms with Crippen molar-refractivity contribution in [2.75, 3.05) is 33.1 Å². The van der Waals surface area contributed by atoms with Crippen molar-refractivity contribution < 1.29 is 14.3 Å². The summed E-state index contributed by atoms with van der Waals surface area (Å²) < 4.78 is 10.7. The van der Waals surface area contributed by atoms with Crippen molar-refractivity contribution in [3.05, 3.63) is 72.3 Å². The number of nitrogens with zero attached hydrogens (tertiary/aromatic N) is 3. The van der Waals surface area contributed by atoms with Gasteiger partial charge in [0.15, 0.2) is 0 Å². The Morgan fingerprint density at radius 2 is 1.83 bits per heavy atom. The number of hydrogen-bond donors (Lipinski definition) is 1. The molecule has 1 amide bonds. The second kappa shape index (κ2) is 9.54. The fraction of sp³-hybridized carbons (Fsp3) is 0.227. The third kappa shape index (κ3) is 5.22. The van der Waals surface area contributed by atoms with E-state index in [1.807, 2.05) is 30.3 Å². The highest BCUT2D eigenvalue weighted by molar-refractivity contribution is 5.94. The molecule has 0 aliphatic rings. The van der Waals surface area contributed by atoms with Gasteiger partial charge in [0, 0.05) is 38.2 Å². The molecule has 7 heteroatoms. The summed E-state index contributed by atoms with van der Waals surface area (Å²) in [6.45, 7) is 0.601. The number of carbonyl (C=O) groups excluding carboxylic acids is 1. The zero-order valence-corrected chi connectivity index (χ0v) is 16.8. The van der Waals surface area contributed by atoms with Crippen LogP contribution in [0.15, 0.2) is 61.2 Å². The minimum absolute atomic E-state index is 0.0900. The number of methoxy groups -OCH3 is 2. The summed E-state index contributed by atoms with van der Waals surface area (Å²) in [7, 11) is 4.99. The van der Waals surface area contributed by atoms with Crippen molar-refractivity contribution in [2.24, 2.45) is 0 Å². The van der Waals surface area contributed by atoms with Crippen molar-refractivity contribution in [3.63, 3.8) is 0 Å². The number of hydrogen-bond acceptors (Lipinski definition) is 6. The molecular formula is C22H24N4O3. The number of carbonyl (C=O) groups is 1. The maximum Gasteiger partial charge on any atom is 0.255 e. The maximum absolute atomic E-state index is 12.8. The fourth-order valence-electron chi connectivity index (χ4n) is 2.86. The first-order valence-electron chi connectivity index (χ1n) is 9.19. The Morgan fingerprint density at radius 3 is 2.55 bits per heavy atom. The van der Waals surface area contributed by atoms with Crippen LogP contribution in [0.1, 0.15) is 15.9 Å². The van der Waals surface area contributed by atoms with Gasteiger partial charge in [0.25, 0.3) is 5.91 Å². The van der Waals surface area contributed by atoms with Gasteiger partial charge in [-0.15, -0.1) is 0 Å². The lowest BCUT2D eigenvalue weighted by atomic mass is 10.2. The number of ether oxygens (including phenoxy) is 2. The van der Waals surface area contributed by atoms with Crippen LogP contribution in [0.3, 0.4) is 0 Å². The fourth-order valence-corrected chi connectivity index (χ4v) is 2.86. The quantitative estimate of drug-likeness (QED) is 0.632. The molecular weight excluding hydrogens is 368 g/mol. The van der Waals surface area contributed by atoms with Gasteiger partial charge in [0.1, 0.15) is 11.5 Å². The average Bonchev–Trinajstić information content (AvgIpc) is 2.77. The van der Waals surface area contributed by atoms with E-state index >= 15 is 0 Å².